The van der Waals surface area contributed by atoms with Gasteiger partial charge in [-0.15, -0.1) is 0 Å². The lowest BCUT2D eigenvalue weighted by Crippen LogP contribution is -2.35. The average molecular weight is 476 g/mol. The Morgan fingerprint density at radius 1 is 0.588 bits per heavy atom. The quantitative estimate of drug-likeness (QED) is 0.392. The van der Waals surface area contributed by atoms with Crippen LogP contribution in [-0.2, 0) is 0 Å². The molecule has 34 heavy (non-hydrogen) atoms. The van der Waals surface area contributed by atoms with E-state index < -0.39 is 0 Å². The van der Waals surface area contributed by atoms with Gasteiger partial charge in [0.15, 0.2) is 0 Å². The van der Waals surface area contributed by atoms with Crippen molar-refractivity contribution in [3.05, 3.63) is 0 Å². The summed E-state index contributed by atoms with van der Waals surface area (Å²) in [6, 6.07) is 1.43. The van der Waals surface area contributed by atoms with Crippen LogP contribution in [0.5, 0.6) is 0 Å². The molecule has 0 aromatic heterocycles. The highest BCUT2D eigenvalue weighted by atomic mass is 15.0. The molecule has 0 amide bonds. The molecule has 0 aromatic carbocycles. The molecule has 3 aliphatic carbocycles. The van der Waals surface area contributed by atoms with E-state index in [1.807, 2.05) is 55.4 Å². The molecule has 4 heteroatoms. The normalized spacial score (nSPS) is 28.9. The van der Waals surface area contributed by atoms with Crippen LogP contribution in [0.2, 0.25) is 0 Å². The summed E-state index contributed by atoms with van der Waals surface area (Å²) in [4.78, 5) is 0. The van der Waals surface area contributed by atoms with Crippen molar-refractivity contribution < 1.29 is 0 Å². The fourth-order valence-corrected chi connectivity index (χ4v) is 6.15. The summed E-state index contributed by atoms with van der Waals surface area (Å²) in [5.74, 6) is 4.31. The van der Waals surface area contributed by atoms with Gasteiger partial charge in [0.1, 0.15) is 0 Å². The minimum atomic E-state index is 0. The summed E-state index contributed by atoms with van der Waals surface area (Å²) in [7, 11) is 0. The lowest BCUT2D eigenvalue weighted by atomic mass is 9.92. The Morgan fingerprint density at radius 2 is 1.00 bits per heavy atom. The van der Waals surface area contributed by atoms with Gasteiger partial charge < -0.3 is 11.1 Å². The molecule has 1 unspecified atom stereocenters. The monoisotopic (exact) mass is 477 g/mol. The molecule has 4 fully saturated rings. The molecule has 0 spiro atoms. The molecule has 0 aromatic rings. The second-order valence-electron chi connectivity index (χ2n) is 9.24. The standard InChI is InChI=1S/C12H22.C10H20N2.4C2H6.2B/c1-2-10-8-11-6-4-3-5-7-12(11)9-10;11-7-9-6-8-4-2-1-3-5-10(8)12-9;4*1-2;;/h10-12H,2-9H2,1H3;8-10,12H,1-7,11H2;4*1-2H3;;/t11-,12-;8-,9?,10+;;;;;;/m00....../s1. The summed E-state index contributed by atoms with van der Waals surface area (Å²) in [6.07, 6.45) is 20.7. The zero-order chi connectivity index (χ0) is 24.8. The topological polar surface area (TPSA) is 38.0 Å². The van der Waals surface area contributed by atoms with E-state index in [0.717, 1.165) is 36.3 Å². The Balaban J connectivity index is -0.000000196. The summed E-state index contributed by atoms with van der Waals surface area (Å²) in [6.45, 7) is 19.2. The second kappa shape index (κ2) is 29.3. The van der Waals surface area contributed by atoms with E-state index in [1.165, 1.54) is 64.2 Å². The van der Waals surface area contributed by atoms with Crippen LogP contribution in [0.25, 0.3) is 0 Å². The van der Waals surface area contributed by atoms with E-state index >= 15 is 0 Å². The first-order valence-electron chi connectivity index (χ1n) is 15.3. The third-order valence-corrected chi connectivity index (χ3v) is 7.65. The molecule has 3 saturated carbocycles. The van der Waals surface area contributed by atoms with Crippen molar-refractivity contribution in [3.8, 4) is 0 Å². The van der Waals surface area contributed by atoms with Crippen molar-refractivity contribution in [2.45, 2.75) is 164 Å². The van der Waals surface area contributed by atoms with Gasteiger partial charge in [-0.25, -0.2) is 0 Å². The first-order chi connectivity index (χ1) is 15.8. The largest absolute Gasteiger partial charge is 0.329 e. The van der Waals surface area contributed by atoms with E-state index in [-0.39, 0.29) is 16.8 Å². The molecule has 3 N–H and O–H groups in total. The van der Waals surface area contributed by atoms with Gasteiger partial charge in [0.2, 0.25) is 0 Å². The van der Waals surface area contributed by atoms with Gasteiger partial charge in [-0.05, 0) is 55.8 Å². The predicted octanol–water partition coefficient (Wildman–Crippen LogP) is 8.60. The Labute approximate surface area is 222 Å². The van der Waals surface area contributed by atoms with Crippen molar-refractivity contribution in [2.24, 2.45) is 29.4 Å². The summed E-state index contributed by atoms with van der Waals surface area (Å²) in [5.41, 5.74) is 5.66. The molecule has 202 valence electrons. The van der Waals surface area contributed by atoms with Crippen LogP contribution in [0.1, 0.15) is 152 Å². The number of hydrogen-bond acceptors (Lipinski definition) is 2. The molecule has 6 radical (unpaired) electrons. The lowest BCUT2D eigenvalue weighted by Gasteiger charge is -2.14. The van der Waals surface area contributed by atoms with E-state index in [2.05, 4.69) is 12.2 Å². The molecule has 4 rings (SSSR count). The molecule has 4 aliphatic rings. The number of hydrogen-bond donors (Lipinski definition) is 2. The molecule has 5 atom stereocenters. The first kappa shape index (κ1) is 41.2. The Kier molecular flexibility index (Phi) is 35.5. The lowest BCUT2D eigenvalue weighted by molar-refractivity contribution is 0.367. The van der Waals surface area contributed by atoms with E-state index in [0.29, 0.717) is 6.04 Å². The van der Waals surface area contributed by atoms with E-state index in [4.69, 9.17) is 5.73 Å². The van der Waals surface area contributed by atoms with Gasteiger partial charge in [0.25, 0.3) is 0 Å². The van der Waals surface area contributed by atoms with Crippen molar-refractivity contribution in [1.29, 1.82) is 0 Å². The van der Waals surface area contributed by atoms with Crippen molar-refractivity contribution in [1.82, 2.24) is 5.32 Å². The van der Waals surface area contributed by atoms with E-state index in [1.54, 1.807) is 25.7 Å². The number of nitrogens with one attached hydrogen (secondary N) is 1. The van der Waals surface area contributed by atoms with Crippen LogP contribution in [0.4, 0.5) is 0 Å². The molecular weight excluding hydrogens is 410 g/mol. The Hall–Kier alpha value is 0.0499. The van der Waals surface area contributed by atoms with Gasteiger partial charge in [-0.3, -0.25) is 0 Å². The van der Waals surface area contributed by atoms with Crippen molar-refractivity contribution >= 4 is 16.8 Å². The molecule has 1 heterocycles. The molecule has 1 saturated heterocycles. The maximum Gasteiger partial charge on any atom is 0.0196 e. The van der Waals surface area contributed by atoms with Crippen LogP contribution in [-0.4, -0.2) is 35.5 Å². The van der Waals surface area contributed by atoms with Gasteiger partial charge in [0, 0.05) is 35.5 Å². The smallest absolute Gasteiger partial charge is 0.0196 e. The van der Waals surface area contributed by atoms with Gasteiger partial charge in [-0.1, -0.05) is 120 Å². The van der Waals surface area contributed by atoms with Gasteiger partial charge in [-0.2, -0.15) is 0 Å². The van der Waals surface area contributed by atoms with Crippen LogP contribution in [0.3, 0.4) is 0 Å². The predicted molar refractivity (Wildman–Crippen MR) is 161 cm³/mol. The molecule has 0 bridgehead atoms. The molecule has 2 nitrogen and oxygen atoms in total. The fraction of sp³-hybridized carbons (Fsp3) is 1.00. The minimum absolute atomic E-state index is 0. The summed E-state index contributed by atoms with van der Waals surface area (Å²) >= 11 is 0. The second-order valence-corrected chi connectivity index (χ2v) is 9.24. The maximum absolute atomic E-state index is 5.66. The van der Waals surface area contributed by atoms with Crippen molar-refractivity contribution in [2.75, 3.05) is 6.54 Å². The highest BCUT2D eigenvalue weighted by Gasteiger charge is 2.34. The van der Waals surface area contributed by atoms with Crippen LogP contribution < -0.4 is 11.1 Å². The van der Waals surface area contributed by atoms with Crippen molar-refractivity contribution in [3.63, 3.8) is 0 Å². The van der Waals surface area contributed by atoms with Crippen LogP contribution in [0.15, 0.2) is 0 Å². The third-order valence-electron chi connectivity index (χ3n) is 7.65. The first-order valence-corrected chi connectivity index (χ1v) is 15.3. The minimum Gasteiger partial charge on any atom is -0.329 e. The maximum atomic E-state index is 5.66. The number of rotatable bonds is 2. The van der Waals surface area contributed by atoms with Gasteiger partial charge >= 0.3 is 0 Å². The van der Waals surface area contributed by atoms with Crippen LogP contribution in [0, 0.1) is 23.7 Å². The fourth-order valence-electron chi connectivity index (χ4n) is 6.15. The average Bonchev–Trinajstić information content (AvgIpc) is 3.31. The van der Waals surface area contributed by atoms with Crippen LogP contribution >= 0.6 is 0 Å². The summed E-state index contributed by atoms with van der Waals surface area (Å²) < 4.78 is 0. The van der Waals surface area contributed by atoms with E-state index in [9.17, 15) is 0 Å². The Bertz CT molecular complexity index is 306. The highest BCUT2D eigenvalue weighted by Crippen LogP contribution is 2.44. The SMILES string of the molecule is CC.CC.CC.CC.CCC1C[C@@H]2CCCCC[C@H]2C1.NCC1C[C@@H]2CCCCC[C@H]2N1.[B].[B]. The molecule has 1 aliphatic heterocycles. The molecular formula is C30H66B2N2. The zero-order valence-electron chi connectivity index (χ0n) is 25.3. The highest BCUT2D eigenvalue weighted by molar-refractivity contribution is 5.76. The third kappa shape index (κ3) is 15.9. The number of fused-ring (bicyclic) bond motifs is 2. The Morgan fingerprint density at radius 3 is 1.41 bits per heavy atom. The van der Waals surface area contributed by atoms with Gasteiger partial charge in [0.05, 0.1) is 0 Å². The summed E-state index contributed by atoms with van der Waals surface area (Å²) in [5, 5.41) is 3.66. The zero-order valence-corrected chi connectivity index (χ0v) is 25.3. The number of nitrogens with two attached hydrogens (primary N) is 1.